The van der Waals surface area contributed by atoms with Crippen molar-refractivity contribution in [1.82, 2.24) is 0 Å². The van der Waals surface area contributed by atoms with Crippen LogP contribution in [0, 0.1) is 5.92 Å². The molecule has 0 radical (unpaired) electrons. The molecule has 1 aromatic carbocycles. The number of benzene rings is 1. The zero-order valence-corrected chi connectivity index (χ0v) is 9.21. The standard InChI is InChI=1S/C10H13BrN2/c1-7-5-13(6-7)10-3-2-8(11)4-9(10)12/h2-4,7H,5-6,12H2,1H3. The maximum atomic E-state index is 5.91. The van der Waals surface area contributed by atoms with E-state index in [0.29, 0.717) is 0 Å². The van der Waals surface area contributed by atoms with E-state index in [9.17, 15) is 0 Å². The molecular weight excluding hydrogens is 228 g/mol. The van der Waals surface area contributed by atoms with Gasteiger partial charge >= 0.3 is 0 Å². The van der Waals surface area contributed by atoms with Gasteiger partial charge in [-0.2, -0.15) is 0 Å². The molecule has 0 amide bonds. The van der Waals surface area contributed by atoms with E-state index in [1.165, 1.54) is 5.69 Å². The third-order valence-electron chi connectivity index (χ3n) is 2.39. The first-order valence-corrected chi connectivity index (χ1v) is 5.26. The largest absolute Gasteiger partial charge is 0.397 e. The van der Waals surface area contributed by atoms with Crippen LogP contribution in [0.25, 0.3) is 0 Å². The van der Waals surface area contributed by atoms with Crippen molar-refractivity contribution in [1.29, 1.82) is 0 Å². The molecule has 2 rings (SSSR count). The summed E-state index contributed by atoms with van der Waals surface area (Å²) in [6.45, 7) is 4.52. The molecule has 3 heteroatoms. The fourth-order valence-corrected chi connectivity index (χ4v) is 2.09. The Morgan fingerprint density at radius 1 is 1.46 bits per heavy atom. The van der Waals surface area contributed by atoms with Gasteiger partial charge < -0.3 is 10.6 Å². The van der Waals surface area contributed by atoms with Gasteiger partial charge in [-0.05, 0) is 24.1 Å². The quantitative estimate of drug-likeness (QED) is 0.765. The van der Waals surface area contributed by atoms with Crippen LogP contribution in [0.2, 0.25) is 0 Å². The van der Waals surface area contributed by atoms with Gasteiger partial charge in [-0.3, -0.25) is 0 Å². The highest BCUT2D eigenvalue weighted by molar-refractivity contribution is 9.10. The van der Waals surface area contributed by atoms with Gasteiger partial charge in [0.2, 0.25) is 0 Å². The van der Waals surface area contributed by atoms with Crippen LogP contribution in [-0.4, -0.2) is 13.1 Å². The predicted molar refractivity (Wildman–Crippen MR) is 59.9 cm³/mol. The first-order valence-electron chi connectivity index (χ1n) is 4.47. The molecule has 1 saturated heterocycles. The molecule has 0 saturated carbocycles. The molecule has 2 N–H and O–H groups in total. The van der Waals surface area contributed by atoms with Crippen molar-refractivity contribution >= 4 is 27.3 Å². The number of nitrogens with two attached hydrogens (primary N) is 1. The van der Waals surface area contributed by atoms with Crippen molar-refractivity contribution < 1.29 is 0 Å². The normalized spacial score (nSPS) is 17.2. The zero-order chi connectivity index (χ0) is 9.42. The fourth-order valence-electron chi connectivity index (χ4n) is 1.71. The summed E-state index contributed by atoms with van der Waals surface area (Å²) in [4.78, 5) is 2.31. The third kappa shape index (κ3) is 1.66. The molecular formula is C10H13BrN2. The lowest BCUT2D eigenvalue weighted by molar-refractivity contribution is 0.448. The Kier molecular flexibility index (Phi) is 2.20. The van der Waals surface area contributed by atoms with Gasteiger partial charge in [0, 0.05) is 17.6 Å². The minimum atomic E-state index is 0.808. The van der Waals surface area contributed by atoms with Gasteiger partial charge in [0.25, 0.3) is 0 Å². The van der Waals surface area contributed by atoms with Crippen LogP contribution in [0.15, 0.2) is 22.7 Å². The number of nitrogens with zero attached hydrogens (tertiary/aromatic N) is 1. The van der Waals surface area contributed by atoms with Crippen molar-refractivity contribution in [2.75, 3.05) is 23.7 Å². The third-order valence-corrected chi connectivity index (χ3v) is 2.89. The highest BCUT2D eigenvalue weighted by Crippen LogP contribution is 2.31. The lowest BCUT2D eigenvalue weighted by atomic mass is 10.0. The molecule has 70 valence electrons. The summed E-state index contributed by atoms with van der Waals surface area (Å²) in [5.74, 6) is 0.808. The molecule has 0 atom stereocenters. The Balaban J connectivity index is 2.21. The van der Waals surface area contributed by atoms with Crippen LogP contribution in [0.5, 0.6) is 0 Å². The zero-order valence-electron chi connectivity index (χ0n) is 7.63. The molecule has 0 aromatic heterocycles. The minimum absolute atomic E-state index is 0.808. The molecule has 0 unspecified atom stereocenters. The van der Waals surface area contributed by atoms with Gasteiger partial charge in [0.15, 0.2) is 0 Å². The van der Waals surface area contributed by atoms with Gasteiger partial charge in [-0.15, -0.1) is 0 Å². The van der Waals surface area contributed by atoms with Gasteiger partial charge in [-0.25, -0.2) is 0 Å². The van der Waals surface area contributed by atoms with Gasteiger partial charge in [-0.1, -0.05) is 22.9 Å². The highest BCUT2D eigenvalue weighted by Gasteiger charge is 2.23. The topological polar surface area (TPSA) is 29.3 Å². The second-order valence-electron chi connectivity index (χ2n) is 3.71. The average Bonchev–Trinajstić information content (AvgIpc) is 2.00. The molecule has 0 aliphatic carbocycles. The Morgan fingerprint density at radius 3 is 2.69 bits per heavy atom. The van der Waals surface area contributed by atoms with E-state index >= 15 is 0 Å². The molecule has 1 aliphatic rings. The smallest absolute Gasteiger partial charge is 0.0600 e. The Morgan fingerprint density at radius 2 is 2.15 bits per heavy atom. The molecule has 1 fully saturated rings. The maximum absolute atomic E-state index is 5.91. The molecule has 13 heavy (non-hydrogen) atoms. The second kappa shape index (κ2) is 3.22. The monoisotopic (exact) mass is 240 g/mol. The SMILES string of the molecule is CC1CN(c2ccc(Br)cc2N)C1. The first-order chi connectivity index (χ1) is 6.16. The number of hydrogen-bond acceptors (Lipinski definition) is 2. The van der Waals surface area contributed by atoms with E-state index < -0.39 is 0 Å². The van der Waals surface area contributed by atoms with Crippen LogP contribution >= 0.6 is 15.9 Å². The Hall–Kier alpha value is -0.700. The van der Waals surface area contributed by atoms with Crippen LogP contribution in [-0.2, 0) is 0 Å². The molecule has 2 nitrogen and oxygen atoms in total. The molecule has 1 heterocycles. The van der Waals surface area contributed by atoms with E-state index in [2.05, 4.69) is 33.8 Å². The summed E-state index contributed by atoms with van der Waals surface area (Å²) < 4.78 is 1.04. The number of halogens is 1. The first kappa shape index (κ1) is 8.88. The average molecular weight is 241 g/mol. The lowest BCUT2D eigenvalue weighted by Gasteiger charge is -2.39. The molecule has 0 bridgehead atoms. The number of hydrogen-bond donors (Lipinski definition) is 1. The Labute approximate surface area is 86.9 Å². The number of rotatable bonds is 1. The summed E-state index contributed by atoms with van der Waals surface area (Å²) in [6, 6.07) is 6.07. The van der Waals surface area contributed by atoms with Crippen molar-refractivity contribution in [3.05, 3.63) is 22.7 Å². The van der Waals surface area contributed by atoms with Crippen molar-refractivity contribution in [2.45, 2.75) is 6.92 Å². The summed E-state index contributed by atoms with van der Waals surface area (Å²) in [5, 5.41) is 0. The number of anilines is 2. The van der Waals surface area contributed by atoms with Crippen LogP contribution in [0.3, 0.4) is 0 Å². The summed E-state index contributed by atoms with van der Waals surface area (Å²) in [6.07, 6.45) is 0. The van der Waals surface area contributed by atoms with Crippen molar-refractivity contribution in [3.63, 3.8) is 0 Å². The van der Waals surface area contributed by atoms with Crippen molar-refractivity contribution in [2.24, 2.45) is 5.92 Å². The molecule has 1 aliphatic heterocycles. The summed E-state index contributed by atoms with van der Waals surface area (Å²) in [7, 11) is 0. The van der Waals surface area contributed by atoms with Crippen LogP contribution in [0.1, 0.15) is 6.92 Å². The highest BCUT2D eigenvalue weighted by atomic mass is 79.9. The molecule has 0 spiro atoms. The van der Waals surface area contributed by atoms with Crippen LogP contribution < -0.4 is 10.6 Å². The van der Waals surface area contributed by atoms with E-state index in [0.717, 1.165) is 29.2 Å². The van der Waals surface area contributed by atoms with Crippen molar-refractivity contribution in [3.8, 4) is 0 Å². The second-order valence-corrected chi connectivity index (χ2v) is 4.63. The van der Waals surface area contributed by atoms with E-state index in [1.54, 1.807) is 0 Å². The maximum Gasteiger partial charge on any atom is 0.0600 e. The van der Waals surface area contributed by atoms with E-state index in [-0.39, 0.29) is 0 Å². The lowest BCUT2D eigenvalue weighted by Crippen LogP contribution is -2.45. The molecule has 1 aromatic rings. The Bertz CT molecular complexity index is 319. The van der Waals surface area contributed by atoms with Gasteiger partial charge in [0.1, 0.15) is 0 Å². The van der Waals surface area contributed by atoms with E-state index in [4.69, 9.17) is 5.73 Å². The fraction of sp³-hybridized carbons (Fsp3) is 0.400. The van der Waals surface area contributed by atoms with Gasteiger partial charge in [0.05, 0.1) is 11.4 Å². The summed E-state index contributed by atoms with van der Waals surface area (Å²) >= 11 is 3.40. The minimum Gasteiger partial charge on any atom is -0.397 e. The number of nitrogen functional groups attached to an aromatic ring is 1. The predicted octanol–water partition coefficient (Wildman–Crippen LogP) is 2.49. The van der Waals surface area contributed by atoms with E-state index in [1.807, 2.05) is 12.1 Å². The van der Waals surface area contributed by atoms with Crippen LogP contribution in [0.4, 0.5) is 11.4 Å². The summed E-state index contributed by atoms with van der Waals surface area (Å²) in [5.41, 5.74) is 7.94.